The molecule has 0 fully saturated rings. The first-order valence-corrected chi connectivity index (χ1v) is 10.3. The highest BCUT2D eigenvalue weighted by Gasteiger charge is 2.10. The van der Waals surface area contributed by atoms with Gasteiger partial charge in [-0.05, 0) is 24.1 Å². The fourth-order valence-corrected chi connectivity index (χ4v) is 3.98. The number of methoxy groups -OCH3 is 1. The van der Waals surface area contributed by atoms with Crippen LogP contribution in [0.3, 0.4) is 0 Å². The summed E-state index contributed by atoms with van der Waals surface area (Å²) in [5.41, 5.74) is 1.55. The third-order valence-electron chi connectivity index (χ3n) is 4.29. The van der Waals surface area contributed by atoms with Crippen LogP contribution >= 0.6 is 22.9 Å². The van der Waals surface area contributed by atoms with E-state index in [2.05, 4.69) is 26.3 Å². The number of fused-ring (bicyclic) bond motifs is 1. The molecule has 0 amide bonds. The standard InChI is InChI=1S/C21H16ClN5O2S/c1-28-17-8-14(10-23)9-18(27-17)29-15-4-2-13(3-5-15)6-7-24-20-19-16(22)11-30-21(19)26-12-25-20/h2-5,8-9,11-12H,6-7H2,1H3,(H,24,25,26). The van der Waals surface area contributed by atoms with Crippen molar-refractivity contribution in [2.24, 2.45) is 0 Å². The van der Waals surface area contributed by atoms with Gasteiger partial charge in [-0.25, -0.2) is 9.97 Å². The van der Waals surface area contributed by atoms with Crippen molar-refractivity contribution in [2.75, 3.05) is 19.0 Å². The fraction of sp³-hybridized carbons (Fsp3) is 0.143. The summed E-state index contributed by atoms with van der Waals surface area (Å²) in [4.78, 5) is 13.6. The van der Waals surface area contributed by atoms with Gasteiger partial charge < -0.3 is 14.8 Å². The lowest BCUT2D eigenvalue weighted by atomic mass is 10.1. The molecule has 0 bridgehead atoms. The van der Waals surface area contributed by atoms with Crippen molar-refractivity contribution in [3.05, 3.63) is 64.3 Å². The Morgan fingerprint density at radius 2 is 1.97 bits per heavy atom. The van der Waals surface area contributed by atoms with E-state index in [9.17, 15) is 0 Å². The van der Waals surface area contributed by atoms with Crippen molar-refractivity contribution in [1.29, 1.82) is 5.26 Å². The molecule has 7 nitrogen and oxygen atoms in total. The van der Waals surface area contributed by atoms with Crippen LogP contribution in [-0.2, 0) is 6.42 Å². The number of hydrogen-bond acceptors (Lipinski definition) is 8. The van der Waals surface area contributed by atoms with Gasteiger partial charge in [0.2, 0.25) is 11.8 Å². The number of anilines is 1. The zero-order valence-corrected chi connectivity index (χ0v) is 17.5. The van der Waals surface area contributed by atoms with E-state index in [1.807, 2.05) is 29.6 Å². The zero-order chi connectivity index (χ0) is 20.9. The normalized spacial score (nSPS) is 10.6. The Morgan fingerprint density at radius 3 is 2.73 bits per heavy atom. The summed E-state index contributed by atoms with van der Waals surface area (Å²) in [6.07, 6.45) is 2.33. The smallest absolute Gasteiger partial charge is 0.223 e. The van der Waals surface area contributed by atoms with Gasteiger partial charge in [0.05, 0.1) is 29.2 Å². The molecule has 0 spiro atoms. The Hall–Kier alpha value is -3.41. The molecule has 4 aromatic rings. The minimum absolute atomic E-state index is 0.306. The topological polar surface area (TPSA) is 93.0 Å². The first-order valence-electron chi connectivity index (χ1n) is 9.01. The number of rotatable bonds is 7. The van der Waals surface area contributed by atoms with Crippen molar-refractivity contribution < 1.29 is 9.47 Å². The van der Waals surface area contributed by atoms with Crippen LogP contribution in [0.5, 0.6) is 17.5 Å². The maximum absolute atomic E-state index is 9.10. The molecule has 0 saturated heterocycles. The Balaban J connectivity index is 1.38. The number of nitrogens with zero attached hydrogens (tertiary/aromatic N) is 4. The second-order valence-corrected chi connectivity index (χ2v) is 7.52. The van der Waals surface area contributed by atoms with Crippen LogP contribution in [0.25, 0.3) is 10.2 Å². The Bertz CT molecular complexity index is 1220. The summed E-state index contributed by atoms with van der Waals surface area (Å²) in [5.74, 6) is 2.00. The number of hydrogen-bond donors (Lipinski definition) is 1. The van der Waals surface area contributed by atoms with Gasteiger partial charge in [-0.1, -0.05) is 23.7 Å². The quantitative estimate of drug-likeness (QED) is 0.431. The molecule has 0 saturated carbocycles. The highest BCUT2D eigenvalue weighted by Crippen LogP contribution is 2.32. The molecular formula is C21H16ClN5O2S. The van der Waals surface area contributed by atoms with Gasteiger partial charge >= 0.3 is 0 Å². The molecule has 3 heterocycles. The van der Waals surface area contributed by atoms with E-state index in [1.165, 1.54) is 24.8 Å². The summed E-state index contributed by atoms with van der Waals surface area (Å²) in [5, 5.41) is 15.8. The second kappa shape index (κ2) is 8.95. The van der Waals surface area contributed by atoms with E-state index in [0.717, 1.165) is 28.0 Å². The van der Waals surface area contributed by atoms with Gasteiger partial charge in [-0.2, -0.15) is 10.2 Å². The van der Waals surface area contributed by atoms with E-state index in [-0.39, 0.29) is 0 Å². The Labute approximate surface area is 181 Å². The van der Waals surface area contributed by atoms with Crippen LogP contribution in [0.15, 0.2) is 48.1 Å². The van der Waals surface area contributed by atoms with Crippen LogP contribution in [0.4, 0.5) is 5.82 Å². The van der Waals surface area contributed by atoms with Crippen molar-refractivity contribution >= 4 is 39.0 Å². The van der Waals surface area contributed by atoms with Gasteiger partial charge in [0.1, 0.15) is 22.7 Å². The second-order valence-electron chi connectivity index (χ2n) is 6.26. The number of halogens is 1. The van der Waals surface area contributed by atoms with Crippen LogP contribution in [0.2, 0.25) is 5.02 Å². The zero-order valence-electron chi connectivity index (χ0n) is 15.9. The maximum Gasteiger partial charge on any atom is 0.223 e. The van der Waals surface area contributed by atoms with E-state index in [0.29, 0.717) is 34.6 Å². The third kappa shape index (κ3) is 4.43. The molecule has 150 valence electrons. The van der Waals surface area contributed by atoms with Crippen molar-refractivity contribution in [1.82, 2.24) is 15.0 Å². The number of ether oxygens (including phenoxy) is 2. The molecule has 0 aliphatic heterocycles. The monoisotopic (exact) mass is 437 g/mol. The Morgan fingerprint density at radius 1 is 1.17 bits per heavy atom. The summed E-state index contributed by atoms with van der Waals surface area (Å²) >= 11 is 7.74. The third-order valence-corrected chi connectivity index (χ3v) is 5.61. The fourth-order valence-electron chi connectivity index (χ4n) is 2.85. The molecule has 0 atom stereocenters. The molecule has 4 rings (SSSR count). The molecule has 30 heavy (non-hydrogen) atoms. The lowest BCUT2D eigenvalue weighted by Crippen LogP contribution is -2.06. The van der Waals surface area contributed by atoms with Crippen LogP contribution in [-0.4, -0.2) is 28.6 Å². The minimum Gasteiger partial charge on any atom is -0.481 e. The highest BCUT2D eigenvalue weighted by molar-refractivity contribution is 7.17. The predicted molar refractivity (Wildman–Crippen MR) is 117 cm³/mol. The molecule has 0 radical (unpaired) electrons. The largest absolute Gasteiger partial charge is 0.481 e. The minimum atomic E-state index is 0.306. The van der Waals surface area contributed by atoms with E-state index >= 15 is 0 Å². The van der Waals surface area contributed by atoms with Gasteiger partial charge in [-0.15, -0.1) is 11.3 Å². The molecule has 0 aliphatic carbocycles. The number of pyridine rings is 1. The number of benzene rings is 1. The van der Waals surface area contributed by atoms with Crippen LogP contribution in [0.1, 0.15) is 11.1 Å². The molecule has 1 aromatic carbocycles. The van der Waals surface area contributed by atoms with E-state index in [1.54, 1.807) is 12.1 Å². The summed E-state index contributed by atoms with van der Waals surface area (Å²) < 4.78 is 10.9. The summed E-state index contributed by atoms with van der Waals surface area (Å²) in [6.45, 7) is 0.696. The molecular weight excluding hydrogens is 422 g/mol. The van der Waals surface area contributed by atoms with E-state index < -0.39 is 0 Å². The van der Waals surface area contributed by atoms with Gasteiger partial charge in [-0.3, -0.25) is 0 Å². The van der Waals surface area contributed by atoms with E-state index in [4.69, 9.17) is 26.3 Å². The maximum atomic E-state index is 9.10. The summed E-state index contributed by atoms with van der Waals surface area (Å²) in [7, 11) is 1.49. The number of thiophene rings is 1. The van der Waals surface area contributed by atoms with Gasteiger partial charge in [0.15, 0.2) is 0 Å². The van der Waals surface area contributed by atoms with Gasteiger partial charge in [0.25, 0.3) is 0 Å². The lowest BCUT2D eigenvalue weighted by molar-refractivity contribution is 0.383. The number of aromatic nitrogens is 3. The highest BCUT2D eigenvalue weighted by atomic mass is 35.5. The van der Waals surface area contributed by atoms with Crippen molar-refractivity contribution in [3.8, 4) is 23.6 Å². The average molecular weight is 438 g/mol. The predicted octanol–water partition coefficient (Wildman–Crippen LogP) is 5.07. The SMILES string of the molecule is COc1cc(C#N)cc(Oc2ccc(CCNc3ncnc4scc(Cl)c34)cc2)n1. The molecule has 0 unspecified atom stereocenters. The Kier molecular flexibility index (Phi) is 5.93. The van der Waals surface area contributed by atoms with Crippen LogP contribution in [0, 0.1) is 11.3 Å². The van der Waals surface area contributed by atoms with Crippen molar-refractivity contribution in [2.45, 2.75) is 6.42 Å². The summed E-state index contributed by atoms with van der Waals surface area (Å²) in [6, 6.07) is 12.9. The van der Waals surface area contributed by atoms with Gasteiger partial charge in [0, 0.05) is 24.1 Å². The molecule has 0 aliphatic rings. The number of nitrogens with one attached hydrogen (secondary N) is 1. The van der Waals surface area contributed by atoms with Crippen molar-refractivity contribution in [3.63, 3.8) is 0 Å². The first kappa shape index (κ1) is 19.9. The average Bonchev–Trinajstić information content (AvgIpc) is 3.16. The first-order chi connectivity index (χ1) is 14.7. The van der Waals surface area contributed by atoms with Crippen LogP contribution < -0.4 is 14.8 Å². The molecule has 9 heteroatoms. The lowest BCUT2D eigenvalue weighted by Gasteiger charge is -2.09. The number of nitriles is 1. The molecule has 1 N–H and O–H groups in total. The molecule has 3 aromatic heterocycles.